The van der Waals surface area contributed by atoms with Crippen LogP contribution in [0.15, 0.2) is 18.5 Å². The largest absolute Gasteiger partial charge is 0.538 e. The molecule has 1 rings (SSSR count). The van der Waals surface area contributed by atoms with Crippen molar-refractivity contribution in [1.82, 2.24) is 4.98 Å². The first kappa shape index (κ1) is 7.57. The highest BCUT2D eigenvalue weighted by molar-refractivity contribution is 6.17. The second-order valence-electron chi connectivity index (χ2n) is 1.79. The fraction of sp³-hybridized carbons (Fsp3) is 0. The molecule has 0 saturated heterocycles. The molecular formula is C6H5BN2O2. The van der Waals surface area contributed by atoms with Crippen LogP contribution in [0.5, 0.6) is 5.75 Å². The quantitative estimate of drug-likeness (QED) is 0.579. The summed E-state index contributed by atoms with van der Waals surface area (Å²) in [5.74, 6) is 0.395. The van der Waals surface area contributed by atoms with E-state index in [2.05, 4.69) is 4.98 Å². The summed E-state index contributed by atoms with van der Waals surface area (Å²) in [5, 5.41) is 16.8. The van der Waals surface area contributed by atoms with Gasteiger partial charge in [-0.3, -0.25) is 4.98 Å². The van der Waals surface area contributed by atoms with Crippen molar-refractivity contribution in [2.24, 2.45) is 0 Å². The van der Waals surface area contributed by atoms with Crippen molar-refractivity contribution in [2.75, 3.05) is 0 Å². The molecule has 0 spiro atoms. The Hall–Kier alpha value is -1.54. The number of pyridine rings is 1. The predicted molar refractivity (Wildman–Crippen MR) is 38.9 cm³/mol. The number of hydrogen-bond donors (Lipinski definition) is 1. The molecule has 54 valence electrons. The molecule has 0 aliphatic heterocycles. The van der Waals surface area contributed by atoms with Crippen LogP contribution in [0.3, 0.4) is 0 Å². The fourth-order valence-electron chi connectivity index (χ4n) is 0.633. The zero-order valence-electron chi connectivity index (χ0n) is 5.69. The first-order valence-corrected chi connectivity index (χ1v) is 2.95. The van der Waals surface area contributed by atoms with Crippen LogP contribution >= 0.6 is 0 Å². The Bertz CT molecular complexity index is 284. The summed E-state index contributed by atoms with van der Waals surface area (Å²) < 4.78 is 4.69. The molecule has 0 unspecified atom stereocenters. The van der Waals surface area contributed by atoms with Crippen molar-refractivity contribution in [1.29, 1.82) is 5.26 Å². The van der Waals surface area contributed by atoms with Crippen molar-refractivity contribution >= 4 is 7.69 Å². The maximum absolute atomic E-state index is 8.42. The summed E-state index contributed by atoms with van der Waals surface area (Å²) in [4.78, 5) is 3.72. The Morgan fingerprint density at radius 2 is 2.45 bits per heavy atom. The summed E-state index contributed by atoms with van der Waals surface area (Å²) in [6, 6.07) is 3.40. The smallest absolute Gasteiger partial charge is 0.504 e. The fourth-order valence-corrected chi connectivity index (χ4v) is 0.633. The first-order valence-electron chi connectivity index (χ1n) is 2.95. The molecule has 1 heterocycles. The van der Waals surface area contributed by atoms with Crippen molar-refractivity contribution in [3.05, 3.63) is 24.0 Å². The third-order valence-corrected chi connectivity index (χ3v) is 1.07. The van der Waals surface area contributed by atoms with Gasteiger partial charge in [-0.05, 0) is 6.07 Å². The summed E-state index contributed by atoms with van der Waals surface area (Å²) in [6.07, 6.45) is 2.85. The lowest BCUT2D eigenvalue weighted by atomic mass is 10.3. The predicted octanol–water partition coefficient (Wildman–Crippen LogP) is -0.409. The molecule has 0 radical (unpaired) electrons. The van der Waals surface area contributed by atoms with Crippen LogP contribution in [-0.2, 0) is 0 Å². The number of nitriles is 1. The van der Waals surface area contributed by atoms with Crippen molar-refractivity contribution < 1.29 is 9.68 Å². The van der Waals surface area contributed by atoms with E-state index in [1.807, 2.05) is 6.07 Å². The van der Waals surface area contributed by atoms with E-state index in [0.717, 1.165) is 0 Å². The molecule has 1 aromatic rings. The van der Waals surface area contributed by atoms with Crippen molar-refractivity contribution in [2.45, 2.75) is 0 Å². The Morgan fingerprint density at radius 1 is 1.64 bits per heavy atom. The van der Waals surface area contributed by atoms with Gasteiger partial charge in [-0.2, -0.15) is 5.26 Å². The van der Waals surface area contributed by atoms with Gasteiger partial charge in [0.2, 0.25) is 0 Å². The van der Waals surface area contributed by atoms with Gasteiger partial charge in [0.05, 0.1) is 11.8 Å². The molecule has 1 aromatic heterocycles. The Kier molecular flexibility index (Phi) is 2.47. The molecule has 0 aliphatic carbocycles. The van der Waals surface area contributed by atoms with E-state index in [1.54, 1.807) is 0 Å². The van der Waals surface area contributed by atoms with E-state index < -0.39 is 7.69 Å². The molecule has 0 fully saturated rings. The van der Waals surface area contributed by atoms with Crippen LogP contribution in [-0.4, -0.2) is 17.7 Å². The highest BCUT2D eigenvalue weighted by Gasteiger charge is 1.95. The first-order chi connectivity index (χ1) is 5.36. The number of hydrogen-bond acceptors (Lipinski definition) is 4. The molecule has 0 amide bonds. The molecule has 5 heteroatoms. The van der Waals surface area contributed by atoms with Crippen LogP contribution in [0.2, 0.25) is 0 Å². The second kappa shape index (κ2) is 3.59. The molecule has 0 aromatic carbocycles. The van der Waals surface area contributed by atoms with Gasteiger partial charge in [0.25, 0.3) is 0 Å². The standard InChI is InChI=1S/C6H5BN2O2/c8-2-5-1-6(11-7-10)4-9-3-5/h1,3-4,7,10H. The monoisotopic (exact) mass is 148 g/mol. The normalized spacial score (nSPS) is 8.36. The van der Waals surface area contributed by atoms with E-state index in [0.29, 0.717) is 11.3 Å². The second-order valence-corrected chi connectivity index (χ2v) is 1.79. The average molecular weight is 148 g/mol. The van der Waals surface area contributed by atoms with E-state index in [1.165, 1.54) is 18.5 Å². The van der Waals surface area contributed by atoms with Crippen molar-refractivity contribution in [3.63, 3.8) is 0 Å². The van der Waals surface area contributed by atoms with Gasteiger partial charge in [-0.15, -0.1) is 0 Å². The van der Waals surface area contributed by atoms with Gasteiger partial charge >= 0.3 is 7.69 Å². The van der Waals surface area contributed by atoms with E-state index in [4.69, 9.17) is 14.9 Å². The molecule has 0 atom stereocenters. The van der Waals surface area contributed by atoms with Crippen LogP contribution in [0.4, 0.5) is 0 Å². The van der Waals surface area contributed by atoms with Crippen LogP contribution in [0, 0.1) is 11.3 Å². The Labute approximate surface area is 64.4 Å². The molecule has 11 heavy (non-hydrogen) atoms. The maximum Gasteiger partial charge on any atom is 0.504 e. The SMILES string of the molecule is N#Cc1cncc(OBO)c1. The van der Waals surface area contributed by atoms with Crippen LogP contribution in [0.25, 0.3) is 0 Å². The molecule has 0 saturated carbocycles. The van der Waals surface area contributed by atoms with Gasteiger partial charge in [-0.25, -0.2) is 0 Å². The lowest BCUT2D eigenvalue weighted by molar-refractivity contribution is 0.452. The topological polar surface area (TPSA) is 66.1 Å². The average Bonchev–Trinajstić information content (AvgIpc) is 2.06. The lowest BCUT2D eigenvalue weighted by Crippen LogP contribution is -2.00. The summed E-state index contributed by atoms with van der Waals surface area (Å²) >= 11 is 0. The lowest BCUT2D eigenvalue weighted by Gasteiger charge is -1.98. The van der Waals surface area contributed by atoms with Gasteiger partial charge in [0, 0.05) is 6.20 Å². The van der Waals surface area contributed by atoms with E-state index in [9.17, 15) is 0 Å². The maximum atomic E-state index is 8.42. The summed E-state index contributed by atoms with van der Waals surface area (Å²) in [7, 11) is -0.406. The van der Waals surface area contributed by atoms with Crippen LogP contribution in [0.1, 0.15) is 5.56 Å². The number of aromatic nitrogens is 1. The van der Waals surface area contributed by atoms with E-state index >= 15 is 0 Å². The Morgan fingerprint density at radius 3 is 3.09 bits per heavy atom. The third-order valence-electron chi connectivity index (χ3n) is 1.07. The summed E-state index contributed by atoms with van der Waals surface area (Å²) in [6.45, 7) is 0. The molecule has 4 nitrogen and oxygen atoms in total. The zero-order chi connectivity index (χ0) is 8.10. The molecule has 0 bridgehead atoms. The number of nitrogens with zero attached hydrogens (tertiary/aromatic N) is 2. The van der Waals surface area contributed by atoms with Crippen molar-refractivity contribution in [3.8, 4) is 11.8 Å². The zero-order valence-corrected chi connectivity index (χ0v) is 5.69. The summed E-state index contributed by atoms with van der Waals surface area (Å²) in [5.41, 5.74) is 0.413. The minimum absolute atomic E-state index is 0.395. The Balaban J connectivity index is 2.85. The van der Waals surface area contributed by atoms with Gasteiger partial charge in [-0.1, -0.05) is 0 Å². The minimum Gasteiger partial charge on any atom is -0.538 e. The number of rotatable bonds is 2. The van der Waals surface area contributed by atoms with Gasteiger partial charge < -0.3 is 9.68 Å². The third kappa shape index (κ3) is 1.95. The minimum atomic E-state index is -0.406. The van der Waals surface area contributed by atoms with E-state index in [-0.39, 0.29) is 0 Å². The van der Waals surface area contributed by atoms with Crippen LogP contribution < -0.4 is 4.65 Å². The molecular weight excluding hydrogens is 143 g/mol. The highest BCUT2D eigenvalue weighted by Crippen LogP contribution is 2.08. The van der Waals surface area contributed by atoms with Gasteiger partial charge in [0.15, 0.2) is 0 Å². The molecule has 1 N–H and O–H groups in total. The van der Waals surface area contributed by atoms with Gasteiger partial charge in [0.1, 0.15) is 11.8 Å². The highest BCUT2D eigenvalue weighted by atomic mass is 16.5. The molecule has 0 aliphatic rings.